The monoisotopic (exact) mass is 248 g/mol. The number of nitrogens with zero attached hydrogens (tertiary/aromatic N) is 1. The number of carbonyl (C=O) groups excluding carboxylic acids is 1. The zero-order valence-corrected chi connectivity index (χ0v) is 10.9. The lowest BCUT2D eigenvalue weighted by Gasteiger charge is -2.21. The molecule has 4 nitrogen and oxygen atoms in total. The summed E-state index contributed by atoms with van der Waals surface area (Å²) < 4.78 is 5.15. The van der Waals surface area contributed by atoms with E-state index >= 15 is 0 Å². The summed E-state index contributed by atoms with van der Waals surface area (Å²) >= 11 is 0. The van der Waals surface area contributed by atoms with Gasteiger partial charge in [0.15, 0.2) is 0 Å². The van der Waals surface area contributed by atoms with Gasteiger partial charge in [-0.2, -0.15) is 0 Å². The number of nitrogens with two attached hydrogens (primary N) is 1. The lowest BCUT2D eigenvalue weighted by Crippen LogP contribution is -2.34. The number of hydrogen-bond donors (Lipinski definition) is 1. The highest BCUT2D eigenvalue weighted by molar-refractivity contribution is 5.95. The molecule has 1 amide bonds. The molecule has 1 aromatic rings. The minimum atomic E-state index is 0.0670. The molecule has 1 aromatic carbocycles. The van der Waals surface area contributed by atoms with E-state index in [1.807, 2.05) is 23.1 Å². The quantitative estimate of drug-likeness (QED) is 0.882. The van der Waals surface area contributed by atoms with Crippen molar-refractivity contribution in [3.05, 3.63) is 29.8 Å². The van der Waals surface area contributed by atoms with E-state index in [0.29, 0.717) is 23.8 Å². The zero-order valence-electron chi connectivity index (χ0n) is 10.9. The molecular formula is C14H20N2O2. The van der Waals surface area contributed by atoms with Crippen LogP contribution >= 0.6 is 0 Å². The average Bonchev–Trinajstić information content (AvgIpc) is 2.79. The predicted octanol–water partition coefficient (Wildman–Crippen LogP) is 1.50. The van der Waals surface area contributed by atoms with E-state index in [-0.39, 0.29) is 11.9 Å². The lowest BCUT2D eigenvalue weighted by atomic mass is 10.1. The van der Waals surface area contributed by atoms with Gasteiger partial charge in [-0.3, -0.25) is 4.79 Å². The summed E-state index contributed by atoms with van der Waals surface area (Å²) in [5, 5.41) is 0. The smallest absolute Gasteiger partial charge is 0.254 e. The number of methoxy groups -OCH3 is 1. The minimum absolute atomic E-state index is 0.0670. The summed E-state index contributed by atoms with van der Waals surface area (Å²) in [6, 6.07) is 7.55. The highest BCUT2D eigenvalue weighted by Gasteiger charge is 2.32. The highest BCUT2D eigenvalue weighted by atomic mass is 16.5. The van der Waals surface area contributed by atoms with E-state index in [4.69, 9.17) is 10.5 Å². The molecule has 1 heterocycles. The van der Waals surface area contributed by atoms with Crippen molar-refractivity contribution in [2.24, 2.45) is 11.7 Å². The molecule has 1 saturated heterocycles. The van der Waals surface area contributed by atoms with Crippen molar-refractivity contribution in [2.45, 2.75) is 19.4 Å². The van der Waals surface area contributed by atoms with Crippen molar-refractivity contribution in [3.63, 3.8) is 0 Å². The molecule has 2 atom stereocenters. The second-order valence-electron chi connectivity index (χ2n) is 4.88. The Balaban J connectivity index is 2.15. The number of ether oxygens (including phenoxy) is 1. The van der Waals surface area contributed by atoms with Gasteiger partial charge in [-0.25, -0.2) is 0 Å². The molecule has 2 N–H and O–H groups in total. The van der Waals surface area contributed by atoms with Crippen LogP contribution in [0.25, 0.3) is 0 Å². The van der Waals surface area contributed by atoms with Crippen molar-refractivity contribution < 1.29 is 9.53 Å². The maximum Gasteiger partial charge on any atom is 0.254 e. The number of carbonyl (C=O) groups is 1. The summed E-state index contributed by atoms with van der Waals surface area (Å²) in [6.07, 6.45) is 0.992. The van der Waals surface area contributed by atoms with Crippen LogP contribution in [0.1, 0.15) is 23.7 Å². The average molecular weight is 248 g/mol. The molecule has 0 saturated carbocycles. The molecule has 1 fully saturated rings. The van der Waals surface area contributed by atoms with Gasteiger partial charge in [0, 0.05) is 18.2 Å². The third-order valence-corrected chi connectivity index (χ3v) is 3.57. The first-order valence-corrected chi connectivity index (χ1v) is 6.30. The van der Waals surface area contributed by atoms with Crippen molar-refractivity contribution in [3.8, 4) is 5.75 Å². The fourth-order valence-electron chi connectivity index (χ4n) is 2.52. The van der Waals surface area contributed by atoms with Crippen molar-refractivity contribution in [2.75, 3.05) is 20.2 Å². The predicted molar refractivity (Wildman–Crippen MR) is 70.7 cm³/mol. The van der Waals surface area contributed by atoms with Crippen LogP contribution < -0.4 is 10.5 Å². The van der Waals surface area contributed by atoms with Crippen LogP contribution in [0.5, 0.6) is 5.75 Å². The van der Waals surface area contributed by atoms with Crippen molar-refractivity contribution in [1.82, 2.24) is 4.90 Å². The van der Waals surface area contributed by atoms with Gasteiger partial charge < -0.3 is 15.4 Å². The topological polar surface area (TPSA) is 55.6 Å². The first-order valence-electron chi connectivity index (χ1n) is 6.30. The van der Waals surface area contributed by atoms with Gasteiger partial charge >= 0.3 is 0 Å². The number of rotatable bonds is 3. The molecule has 0 spiro atoms. The Bertz CT molecular complexity index is 434. The second-order valence-corrected chi connectivity index (χ2v) is 4.88. The van der Waals surface area contributed by atoms with Crippen LogP contribution in [0.4, 0.5) is 0 Å². The van der Waals surface area contributed by atoms with Gasteiger partial charge in [0.05, 0.1) is 7.11 Å². The SMILES string of the molecule is COc1cccc(C(=O)N2CC(CN)CC2C)c1. The van der Waals surface area contributed by atoms with Crippen LogP contribution in [0.2, 0.25) is 0 Å². The third-order valence-electron chi connectivity index (χ3n) is 3.57. The Morgan fingerprint density at radius 2 is 2.33 bits per heavy atom. The molecule has 2 rings (SSSR count). The number of likely N-dealkylation sites (tertiary alicyclic amines) is 1. The normalized spacial score (nSPS) is 23.2. The van der Waals surface area contributed by atoms with E-state index in [9.17, 15) is 4.79 Å². The number of hydrogen-bond acceptors (Lipinski definition) is 3. The Morgan fingerprint density at radius 3 is 2.94 bits per heavy atom. The Kier molecular flexibility index (Phi) is 3.87. The van der Waals surface area contributed by atoms with Gasteiger partial charge in [0.25, 0.3) is 5.91 Å². The molecule has 98 valence electrons. The third kappa shape index (κ3) is 2.48. The van der Waals surface area contributed by atoms with E-state index in [2.05, 4.69) is 6.92 Å². The highest BCUT2D eigenvalue weighted by Crippen LogP contribution is 2.25. The van der Waals surface area contributed by atoms with Gasteiger partial charge in [-0.1, -0.05) is 6.07 Å². The molecule has 1 aliphatic rings. The Labute approximate surface area is 108 Å². The Hall–Kier alpha value is -1.55. The first-order chi connectivity index (χ1) is 8.65. The molecule has 0 radical (unpaired) electrons. The molecule has 0 bridgehead atoms. The van der Waals surface area contributed by atoms with Crippen LogP contribution in [0.15, 0.2) is 24.3 Å². The van der Waals surface area contributed by atoms with Crippen LogP contribution in [-0.2, 0) is 0 Å². The fourth-order valence-corrected chi connectivity index (χ4v) is 2.52. The largest absolute Gasteiger partial charge is 0.497 e. The molecule has 0 aromatic heterocycles. The van der Waals surface area contributed by atoms with Gasteiger partial charge in [-0.15, -0.1) is 0 Å². The van der Waals surface area contributed by atoms with Gasteiger partial charge in [0.2, 0.25) is 0 Å². The summed E-state index contributed by atoms with van der Waals surface area (Å²) in [6.45, 7) is 3.48. The number of amides is 1. The molecule has 18 heavy (non-hydrogen) atoms. The summed E-state index contributed by atoms with van der Waals surface area (Å²) in [5.41, 5.74) is 6.36. The lowest BCUT2D eigenvalue weighted by molar-refractivity contribution is 0.0743. The number of benzene rings is 1. The van der Waals surface area contributed by atoms with Crippen LogP contribution in [-0.4, -0.2) is 37.0 Å². The van der Waals surface area contributed by atoms with Crippen LogP contribution in [0.3, 0.4) is 0 Å². The van der Waals surface area contributed by atoms with E-state index in [0.717, 1.165) is 13.0 Å². The van der Waals surface area contributed by atoms with Gasteiger partial charge in [0.1, 0.15) is 5.75 Å². The van der Waals surface area contributed by atoms with E-state index in [1.54, 1.807) is 13.2 Å². The van der Waals surface area contributed by atoms with Crippen molar-refractivity contribution in [1.29, 1.82) is 0 Å². The maximum absolute atomic E-state index is 12.4. The standard InChI is InChI=1S/C14H20N2O2/c1-10-6-11(8-15)9-16(10)14(17)12-4-3-5-13(7-12)18-2/h3-5,7,10-11H,6,8-9,15H2,1-2H3. The second kappa shape index (κ2) is 5.40. The maximum atomic E-state index is 12.4. The Morgan fingerprint density at radius 1 is 1.56 bits per heavy atom. The van der Waals surface area contributed by atoms with Crippen molar-refractivity contribution >= 4 is 5.91 Å². The van der Waals surface area contributed by atoms with Crippen LogP contribution in [0, 0.1) is 5.92 Å². The molecular weight excluding hydrogens is 228 g/mol. The molecule has 4 heteroatoms. The van der Waals surface area contributed by atoms with E-state index < -0.39 is 0 Å². The summed E-state index contributed by atoms with van der Waals surface area (Å²) in [4.78, 5) is 14.3. The minimum Gasteiger partial charge on any atom is -0.497 e. The zero-order chi connectivity index (χ0) is 13.1. The summed E-state index contributed by atoms with van der Waals surface area (Å²) in [5.74, 6) is 1.20. The first kappa shape index (κ1) is 12.9. The van der Waals surface area contributed by atoms with E-state index in [1.165, 1.54) is 0 Å². The molecule has 1 aliphatic heterocycles. The fraction of sp³-hybridized carbons (Fsp3) is 0.500. The molecule has 0 aliphatic carbocycles. The van der Waals surface area contributed by atoms with Gasteiger partial charge in [-0.05, 0) is 44.0 Å². The summed E-state index contributed by atoms with van der Waals surface area (Å²) in [7, 11) is 1.60. The molecule has 2 unspecified atom stereocenters.